The second kappa shape index (κ2) is 9.62. The molecule has 2 fully saturated rings. The Bertz CT molecular complexity index is 1470. The van der Waals surface area contributed by atoms with E-state index in [0.717, 1.165) is 38.1 Å². The van der Waals surface area contributed by atoms with Crippen molar-refractivity contribution < 1.29 is 27.8 Å². The number of pyridine rings is 2. The van der Waals surface area contributed by atoms with E-state index >= 15 is 0 Å². The maximum absolute atomic E-state index is 15.0. The van der Waals surface area contributed by atoms with Gasteiger partial charge in [-0.3, -0.25) is 14.8 Å². The number of hydrogen-bond donors (Lipinski definition) is 2. The minimum absolute atomic E-state index is 0.0690. The molecule has 188 valence electrons. The zero-order chi connectivity index (χ0) is 25.4. The molecule has 0 spiro atoms. The largest absolute Gasteiger partial charge is 0.489 e. The molecule has 0 bridgehead atoms. The fourth-order valence-corrected chi connectivity index (χ4v) is 3.86. The van der Waals surface area contributed by atoms with Crippen molar-refractivity contribution in [3.63, 3.8) is 0 Å². The Labute approximate surface area is 210 Å². The summed E-state index contributed by atoms with van der Waals surface area (Å²) < 4.78 is 47.2. The number of anilines is 1. The SMILES string of the molecule is O=C(Nc1cc(F)c(Oc2ccnc3cc(OC4CNC4)ccc23)c(F)c1)c1cnccc1OC1CC1. The van der Waals surface area contributed by atoms with Crippen LogP contribution in [0.3, 0.4) is 0 Å². The van der Waals surface area contributed by atoms with E-state index in [0.29, 0.717) is 22.4 Å². The van der Waals surface area contributed by atoms with E-state index in [4.69, 9.17) is 14.2 Å². The molecule has 2 aromatic heterocycles. The Morgan fingerprint density at radius 3 is 2.46 bits per heavy atom. The van der Waals surface area contributed by atoms with Gasteiger partial charge in [-0.25, -0.2) is 8.78 Å². The predicted molar refractivity (Wildman–Crippen MR) is 131 cm³/mol. The quantitative estimate of drug-likeness (QED) is 0.354. The average molecular weight is 504 g/mol. The molecule has 10 heteroatoms. The van der Waals surface area contributed by atoms with Gasteiger partial charge in [-0.15, -0.1) is 0 Å². The van der Waals surface area contributed by atoms with E-state index in [9.17, 15) is 13.6 Å². The van der Waals surface area contributed by atoms with Crippen LogP contribution in [0.1, 0.15) is 23.2 Å². The standard InChI is InChI=1S/C27H22F2N4O4/c28-21-9-15(33-27(34)20-14-30-7-5-25(20)36-16-1-2-16)10-22(29)26(21)37-24-6-8-32-23-11-17(3-4-19(23)24)35-18-12-31-13-18/h3-11,14,16,18,31H,1-2,12-13H2,(H,33,34). The fraction of sp³-hybridized carbons (Fsp3) is 0.222. The predicted octanol–water partition coefficient (Wildman–Crippen LogP) is 4.84. The molecule has 4 aromatic rings. The Kier molecular flexibility index (Phi) is 6.01. The highest BCUT2D eigenvalue weighted by Crippen LogP contribution is 2.35. The minimum Gasteiger partial charge on any atom is -0.489 e. The summed E-state index contributed by atoms with van der Waals surface area (Å²) in [6.45, 7) is 1.56. The number of ether oxygens (including phenoxy) is 3. The first-order valence-corrected chi connectivity index (χ1v) is 11.9. The van der Waals surface area contributed by atoms with Crippen molar-refractivity contribution in [1.82, 2.24) is 15.3 Å². The van der Waals surface area contributed by atoms with Crippen molar-refractivity contribution in [3.05, 3.63) is 78.3 Å². The maximum atomic E-state index is 15.0. The van der Waals surface area contributed by atoms with Crippen molar-refractivity contribution in [2.45, 2.75) is 25.0 Å². The Balaban J connectivity index is 1.21. The first-order valence-electron chi connectivity index (χ1n) is 11.9. The van der Waals surface area contributed by atoms with Crippen LogP contribution in [0.5, 0.6) is 23.0 Å². The number of fused-ring (bicyclic) bond motifs is 1. The van der Waals surface area contributed by atoms with Gasteiger partial charge in [0, 0.05) is 61.0 Å². The lowest BCUT2D eigenvalue weighted by molar-refractivity contribution is 0.102. The lowest BCUT2D eigenvalue weighted by atomic mass is 10.2. The third kappa shape index (κ3) is 5.01. The number of carbonyl (C=O) groups is 1. The molecule has 0 unspecified atom stereocenters. The lowest BCUT2D eigenvalue weighted by Gasteiger charge is -2.27. The number of halogens is 2. The van der Waals surface area contributed by atoms with Crippen LogP contribution in [0.25, 0.3) is 10.9 Å². The normalized spacial score (nSPS) is 15.2. The fourth-order valence-electron chi connectivity index (χ4n) is 3.86. The topological polar surface area (TPSA) is 94.6 Å². The monoisotopic (exact) mass is 504 g/mol. The zero-order valence-electron chi connectivity index (χ0n) is 19.5. The van der Waals surface area contributed by atoms with E-state index in [2.05, 4.69) is 20.6 Å². The number of aromatic nitrogens is 2. The summed E-state index contributed by atoms with van der Waals surface area (Å²) in [5.41, 5.74) is 0.670. The summed E-state index contributed by atoms with van der Waals surface area (Å²) in [4.78, 5) is 21.0. The molecule has 2 aliphatic rings. The molecule has 2 N–H and O–H groups in total. The number of nitrogens with zero attached hydrogens (tertiary/aromatic N) is 2. The molecule has 6 rings (SSSR count). The zero-order valence-corrected chi connectivity index (χ0v) is 19.5. The van der Waals surface area contributed by atoms with Gasteiger partial charge in [-0.05, 0) is 37.1 Å². The molecule has 2 aromatic carbocycles. The van der Waals surface area contributed by atoms with E-state index in [1.54, 1.807) is 24.3 Å². The molecule has 8 nitrogen and oxygen atoms in total. The summed E-state index contributed by atoms with van der Waals surface area (Å²) in [5, 5.41) is 6.21. The van der Waals surface area contributed by atoms with E-state index < -0.39 is 23.3 Å². The van der Waals surface area contributed by atoms with E-state index in [-0.39, 0.29) is 29.2 Å². The number of benzene rings is 2. The summed E-state index contributed by atoms with van der Waals surface area (Å²) in [7, 11) is 0. The molecule has 37 heavy (non-hydrogen) atoms. The van der Waals surface area contributed by atoms with Crippen molar-refractivity contribution in [1.29, 1.82) is 0 Å². The lowest BCUT2D eigenvalue weighted by Crippen LogP contribution is -2.50. The van der Waals surface area contributed by atoms with Gasteiger partial charge in [0.25, 0.3) is 5.91 Å². The van der Waals surface area contributed by atoms with Gasteiger partial charge in [0.05, 0.1) is 17.2 Å². The van der Waals surface area contributed by atoms with E-state index in [1.165, 1.54) is 24.7 Å². The van der Waals surface area contributed by atoms with Crippen LogP contribution >= 0.6 is 0 Å². The van der Waals surface area contributed by atoms with Gasteiger partial charge in [0.1, 0.15) is 23.4 Å². The van der Waals surface area contributed by atoms with Crippen LogP contribution in [0.4, 0.5) is 14.5 Å². The van der Waals surface area contributed by atoms with Gasteiger partial charge in [-0.2, -0.15) is 0 Å². The number of hydrogen-bond acceptors (Lipinski definition) is 7. The van der Waals surface area contributed by atoms with E-state index in [1.807, 2.05) is 0 Å². The van der Waals surface area contributed by atoms with Gasteiger partial charge < -0.3 is 24.8 Å². The molecule has 1 saturated heterocycles. The number of nitrogens with one attached hydrogen (secondary N) is 2. The minimum atomic E-state index is -0.974. The third-order valence-corrected chi connectivity index (χ3v) is 6.03. The average Bonchev–Trinajstić information content (AvgIpc) is 3.68. The number of amides is 1. The Hall–Kier alpha value is -4.31. The summed E-state index contributed by atoms with van der Waals surface area (Å²) in [6.07, 6.45) is 6.38. The van der Waals surface area contributed by atoms with Crippen LogP contribution < -0.4 is 24.8 Å². The van der Waals surface area contributed by atoms with Gasteiger partial charge >= 0.3 is 0 Å². The summed E-state index contributed by atoms with van der Waals surface area (Å²) >= 11 is 0. The highest BCUT2D eigenvalue weighted by molar-refractivity contribution is 6.06. The molecule has 1 amide bonds. The second-order valence-corrected chi connectivity index (χ2v) is 8.90. The first kappa shape index (κ1) is 23.1. The van der Waals surface area contributed by atoms with Crippen LogP contribution in [0.2, 0.25) is 0 Å². The summed E-state index contributed by atoms with van der Waals surface area (Å²) in [5.74, 6) is -1.87. The smallest absolute Gasteiger partial charge is 0.261 e. The number of rotatable bonds is 8. The van der Waals surface area contributed by atoms with Gasteiger partial charge in [0.2, 0.25) is 0 Å². The Morgan fingerprint density at radius 1 is 0.946 bits per heavy atom. The molecular formula is C27H22F2N4O4. The van der Waals surface area contributed by atoms with Crippen LogP contribution in [-0.4, -0.2) is 41.2 Å². The van der Waals surface area contributed by atoms with Crippen LogP contribution in [-0.2, 0) is 0 Å². The van der Waals surface area contributed by atoms with Gasteiger partial charge in [0.15, 0.2) is 17.4 Å². The van der Waals surface area contributed by atoms with Gasteiger partial charge in [-0.1, -0.05) is 0 Å². The van der Waals surface area contributed by atoms with Crippen molar-refractivity contribution in [3.8, 4) is 23.0 Å². The first-order chi connectivity index (χ1) is 18.0. The molecular weight excluding hydrogens is 482 g/mol. The highest BCUT2D eigenvalue weighted by Gasteiger charge is 2.26. The number of carbonyl (C=O) groups excluding carboxylic acids is 1. The second-order valence-electron chi connectivity index (χ2n) is 8.90. The highest BCUT2D eigenvalue weighted by atomic mass is 19.1. The third-order valence-electron chi connectivity index (χ3n) is 6.03. The molecule has 3 heterocycles. The van der Waals surface area contributed by atoms with Crippen molar-refractivity contribution >= 4 is 22.5 Å². The maximum Gasteiger partial charge on any atom is 0.261 e. The molecule has 1 aliphatic carbocycles. The van der Waals surface area contributed by atoms with Crippen molar-refractivity contribution in [2.24, 2.45) is 0 Å². The molecule has 1 saturated carbocycles. The van der Waals surface area contributed by atoms with Crippen LogP contribution in [0, 0.1) is 11.6 Å². The summed E-state index contributed by atoms with van der Waals surface area (Å²) in [6, 6.07) is 10.4. The Morgan fingerprint density at radius 2 is 1.73 bits per heavy atom. The van der Waals surface area contributed by atoms with Crippen LogP contribution in [0.15, 0.2) is 61.1 Å². The molecule has 0 atom stereocenters. The van der Waals surface area contributed by atoms with Crippen molar-refractivity contribution in [2.75, 3.05) is 18.4 Å². The molecule has 1 aliphatic heterocycles. The molecule has 0 radical (unpaired) electrons.